The second-order valence-electron chi connectivity index (χ2n) is 9.82. The maximum Gasteiger partial charge on any atom is 0.150 e. The van der Waals surface area contributed by atoms with E-state index in [0.717, 1.165) is 51.0 Å². The average Bonchev–Trinajstić information content (AvgIpc) is 2.64. The zero-order chi connectivity index (χ0) is 17.2. The van der Waals surface area contributed by atoms with Gasteiger partial charge >= 0.3 is 0 Å². The molecule has 5 aliphatic heterocycles. The molecule has 0 amide bonds. The molecule has 4 heteroatoms. The van der Waals surface area contributed by atoms with Gasteiger partial charge in [0, 0.05) is 38.3 Å². The van der Waals surface area contributed by atoms with Crippen LogP contribution < -0.4 is 5.32 Å². The molecule has 6 aliphatic rings. The van der Waals surface area contributed by atoms with Crippen LogP contribution >= 0.6 is 0 Å². The number of nitrogens with one attached hydrogen (secondary N) is 1. The lowest BCUT2D eigenvalue weighted by Crippen LogP contribution is -2.82. The van der Waals surface area contributed by atoms with E-state index in [2.05, 4.69) is 29.0 Å². The van der Waals surface area contributed by atoms with E-state index in [1.165, 1.54) is 38.5 Å². The lowest BCUT2D eigenvalue weighted by Gasteiger charge is -2.67. The molecule has 1 N–H and O–H groups in total. The van der Waals surface area contributed by atoms with Gasteiger partial charge in [0.05, 0.1) is 17.0 Å². The number of ketones is 1. The van der Waals surface area contributed by atoms with Gasteiger partial charge < -0.3 is 5.32 Å². The molecule has 0 aromatic rings. The minimum absolute atomic E-state index is 0.0783. The number of nitrogens with zero attached hydrogens (tertiary/aromatic N) is 2. The fourth-order valence-corrected chi connectivity index (χ4v) is 7.26. The molecule has 0 spiro atoms. The topological polar surface area (TPSA) is 35.6 Å². The first-order valence-corrected chi connectivity index (χ1v) is 10.9. The van der Waals surface area contributed by atoms with Gasteiger partial charge in [0.25, 0.3) is 0 Å². The molecule has 0 aromatic heterocycles. The summed E-state index contributed by atoms with van der Waals surface area (Å²) in [7, 11) is 0. The van der Waals surface area contributed by atoms with Gasteiger partial charge in [-0.2, -0.15) is 0 Å². The van der Waals surface area contributed by atoms with Gasteiger partial charge in [-0.3, -0.25) is 14.6 Å². The van der Waals surface area contributed by atoms with E-state index < -0.39 is 0 Å². The molecule has 3 unspecified atom stereocenters. The molecule has 3 atom stereocenters. The van der Waals surface area contributed by atoms with Crippen molar-refractivity contribution in [1.82, 2.24) is 15.1 Å². The third-order valence-electron chi connectivity index (χ3n) is 8.63. The highest BCUT2D eigenvalue weighted by molar-refractivity contribution is 5.93. The first kappa shape index (κ1) is 16.7. The monoisotopic (exact) mass is 345 g/mol. The molecule has 6 fully saturated rings. The molecule has 0 radical (unpaired) electrons. The Balaban J connectivity index is 1.40. The number of hydrogen-bond donors (Lipinski definition) is 1. The zero-order valence-corrected chi connectivity index (χ0v) is 16.1. The van der Waals surface area contributed by atoms with Gasteiger partial charge in [-0.25, -0.2) is 0 Å². The van der Waals surface area contributed by atoms with Crippen LogP contribution in [0, 0.1) is 16.7 Å². The standard InChI is InChI=1S/C21H35N3O/c1-3-20-11-23-13-21(4-2,19(20)25)14-24(12-20)18(23)17-10-9-15-7-5-6-8-16(15)22-17/h15-18,22H,3-14H2,1-2H3. The van der Waals surface area contributed by atoms with Crippen molar-refractivity contribution in [3.05, 3.63) is 0 Å². The van der Waals surface area contributed by atoms with Gasteiger partial charge in [0.15, 0.2) is 0 Å². The van der Waals surface area contributed by atoms with Crippen LogP contribution in [-0.2, 0) is 4.79 Å². The summed E-state index contributed by atoms with van der Waals surface area (Å²) in [6.45, 7) is 8.51. The lowest BCUT2D eigenvalue weighted by molar-refractivity contribution is -0.209. The highest BCUT2D eigenvalue weighted by atomic mass is 16.1. The SMILES string of the molecule is CCC12CN3CC(CC)(CN(C1)C3C1CCC3CCCCC3N1)C2=O. The van der Waals surface area contributed by atoms with Crippen molar-refractivity contribution < 1.29 is 4.79 Å². The third kappa shape index (κ3) is 2.26. The Labute approximate surface area is 152 Å². The summed E-state index contributed by atoms with van der Waals surface area (Å²) in [5.74, 6) is 1.53. The van der Waals surface area contributed by atoms with E-state index in [4.69, 9.17) is 0 Å². The number of hydrogen-bond acceptors (Lipinski definition) is 4. The van der Waals surface area contributed by atoms with E-state index in [-0.39, 0.29) is 10.8 Å². The summed E-state index contributed by atoms with van der Waals surface area (Å²) in [5, 5.41) is 4.09. The number of rotatable bonds is 3. The minimum Gasteiger partial charge on any atom is -0.308 e. The Bertz CT molecular complexity index is 519. The average molecular weight is 346 g/mol. The van der Waals surface area contributed by atoms with Crippen molar-refractivity contribution in [2.45, 2.75) is 83.5 Å². The van der Waals surface area contributed by atoms with E-state index in [1.807, 2.05) is 0 Å². The van der Waals surface area contributed by atoms with Crippen LogP contribution in [0.4, 0.5) is 0 Å². The van der Waals surface area contributed by atoms with E-state index >= 15 is 0 Å². The van der Waals surface area contributed by atoms with Gasteiger partial charge in [-0.15, -0.1) is 0 Å². The molecule has 4 bridgehead atoms. The summed E-state index contributed by atoms with van der Waals surface area (Å²) in [6.07, 6.45) is 11.0. The molecule has 0 aromatic carbocycles. The van der Waals surface area contributed by atoms with Crippen molar-refractivity contribution in [2.75, 3.05) is 26.2 Å². The Hall–Kier alpha value is -0.450. The molecular formula is C21H35N3O. The summed E-state index contributed by atoms with van der Waals surface area (Å²) >= 11 is 0. The summed E-state index contributed by atoms with van der Waals surface area (Å²) < 4.78 is 0. The lowest BCUT2D eigenvalue weighted by atomic mass is 9.58. The Morgan fingerprint density at radius 3 is 2.08 bits per heavy atom. The van der Waals surface area contributed by atoms with Crippen LogP contribution in [0.5, 0.6) is 0 Å². The Morgan fingerprint density at radius 2 is 1.48 bits per heavy atom. The Kier molecular flexibility index (Phi) is 3.86. The summed E-state index contributed by atoms with van der Waals surface area (Å²) in [6, 6.07) is 1.37. The predicted octanol–water partition coefficient (Wildman–Crippen LogP) is 2.63. The van der Waals surface area contributed by atoms with E-state index in [1.54, 1.807) is 0 Å². The van der Waals surface area contributed by atoms with Crippen LogP contribution in [0.2, 0.25) is 0 Å². The van der Waals surface area contributed by atoms with Gasteiger partial charge in [-0.05, 0) is 44.4 Å². The maximum atomic E-state index is 13.3. The number of Topliss-reactive ketones (excluding diaryl/α,β-unsaturated/α-hetero) is 1. The zero-order valence-electron chi connectivity index (χ0n) is 16.1. The maximum absolute atomic E-state index is 13.3. The van der Waals surface area contributed by atoms with Crippen LogP contribution in [0.3, 0.4) is 0 Å². The van der Waals surface area contributed by atoms with Crippen molar-refractivity contribution in [3.63, 3.8) is 0 Å². The number of carbonyl (C=O) groups is 1. The highest BCUT2D eigenvalue weighted by Crippen LogP contribution is 2.52. The molecule has 1 aliphatic carbocycles. The Morgan fingerprint density at radius 1 is 0.880 bits per heavy atom. The fraction of sp³-hybridized carbons (Fsp3) is 0.952. The molecule has 140 valence electrons. The predicted molar refractivity (Wildman–Crippen MR) is 99.3 cm³/mol. The van der Waals surface area contributed by atoms with Crippen molar-refractivity contribution in [2.24, 2.45) is 16.7 Å². The summed E-state index contributed by atoms with van der Waals surface area (Å²) in [4.78, 5) is 18.7. The molecule has 4 nitrogen and oxygen atoms in total. The quantitative estimate of drug-likeness (QED) is 0.853. The molecule has 5 heterocycles. The van der Waals surface area contributed by atoms with Gasteiger partial charge in [0.2, 0.25) is 0 Å². The fourth-order valence-electron chi connectivity index (χ4n) is 7.26. The molecule has 25 heavy (non-hydrogen) atoms. The third-order valence-corrected chi connectivity index (χ3v) is 8.63. The molecule has 1 saturated carbocycles. The second kappa shape index (κ2) is 5.77. The van der Waals surface area contributed by atoms with Crippen molar-refractivity contribution in [1.29, 1.82) is 0 Å². The summed E-state index contributed by atoms with van der Waals surface area (Å²) in [5.41, 5.74) is -0.157. The van der Waals surface area contributed by atoms with E-state index in [0.29, 0.717) is 18.0 Å². The van der Waals surface area contributed by atoms with Crippen LogP contribution in [0.15, 0.2) is 0 Å². The second-order valence-corrected chi connectivity index (χ2v) is 9.82. The molecule has 6 rings (SSSR count). The van der Waals surface area contributed by atoms with Crippen LogP contribution in [-0.4, -0.2) is 60.0 Å². The van der Waals surface area contributed by atoms with Crippen LogP contribution in [0.25, 0.3) is 0 Å². The highest BCUT2D eigenvalue weighted by Gasteiger charge is 2.65. The first-order chi connectivity index (χ1) is 12.1. The van der Waals surface area contributed by atoms with E-state index in [9.17, 15) is 4.79 Å². The molecular weight excluding hydrogens is 310 g/mol. The molecule has 5 saturated heterocycles. The van der Waals surface area contributed by atoms with Crippen molar-refractivity contribution >= 4 is 5.78 Å². The van der Waals surface area contributed by atoms with Gasteiger partial charge in [0.1, 0.15) is 5.78 Å². The normalized spacial score (nSPS) is 54.6. The smallest absolute Gasteiger partial charge is 0.150 e. The van der Waals surface area contributed by atoms with Crippen molar-refractivity contribution in [3.8, 4) is 0 Å². The van der Waals surface area contributed by atoms with Crippen LogP contribution in [0.1, 0.15) is 65.2 Å². The van der Waals surface area contributed by atoms with Gasteiger partial charge in [-0.1, -0.05) is 26.7 Å². The number of fused-ring (bicyclic) bond motifs is 1. The largest absolute Gasteiger partial charge is 0.308 e. The number of piperidine rings is 3. The number of carbonyl (C=O) groups excluding carboxylic acids is 1. The minimum atomic E-state index is -0.0783. The first-order valence-electron chi connectivity index (χ1n) is 10.9.